The molecule has 1 N–H and O–H groups in total. The fourth-order valence-electron chi connectivity index (χ4n) is 2.66. The normalized spacial score (nSPS) is 16.8. The summed E-state index contributed by atoms with van der Waals surface area (Å²) in [5.41, 5.74) is 4.09. The van der Waals surface area contributed by atoms with Gasteiger partial charge in [0.05, 0.1) is 5.60 Å². The van der Waals surface area contributed by atoms with Gasteiger partial charge in [-0.15, -0.1) is 0 Å². The van der Waals surface area contributed by atoms with E-state index in [4.69, 9.17) is 0 Å². The summed E-state index contributed by atoms with van der Waals surface area (Å²) in [6.07, 6.45) is 1.46. The zero-order valence-corrected chi connectivity index (χ0v) is 9.98. The molecule has 3 rings (SSSR count). The molecule has 17 heavy (non-hydrogen) atoms. The summed E-state index contributed by atoms with van der Waals surface area (Å²) in [5, 5.41) is 10.8. The predicted molar refractivity (Wildman–Crippen MR) is 68.9 cm³/mol. The fourth-order valence-corrected chi connectivity index (χ4v) is 2.66. The van der Waals surface area contributed by atoms with Gasteiger partial charge in [0.2, 0.25) is 0 Å². The Balaban J connectivity index is 1.98. The number of aliphatic hydroxyl groups is 1. The van der Waals surface area contributed by atoms with Gasteiger partial charge in [-0.2, -0.15) is 0 Å². The van der Waals surface area contributed by atoms with E-state index in [0.717, 1.165) is 18.4 Å². The lowest BCUT2D eigenvalue weighted by atomic mass is 9.90. The van der Waals surface area contributed by atoms with Crippen LogP contribution in [0.2, 0.25) is 0 Å². The average Bonchev–Trinajstić information content (AvgIpc) is 2.67. The summed E-state index contributed by atoms with van der Waals surface area (Å²) in [4.78, 5) is 0. The van der Waals surface area contributed by atoms with Crippen LogP contribution in [0.3, 0.4) is 0 Å². The second-order valence-electron chi connectivity index (χ2n) is 5.02. The van der Waals surface area contributed by atoms with E-state index in [9.17, 15) is 5.11 Å². The maximum atomic E-state index is 10.8. The topological polar surface area (TPSA) is 20.2 Å². The monoisotopic (exact) mass is 224 g/mol. The summed E-state index contributed by atoms with van der Waals surface area (Å²) < 4.78 is 0. The van der Waals surface area contributed by atoms with Crippen LogP contribution in [-0.4, -0.2) is 5.11 Å². The SMILES string of the molecule is Cc1ccc(C2(O)Cc3ccccc3C2)cc1. The second kappa shape index (κ2) is 3.71. The third-order valence-corrected chi connectivity index (χ3v) is 3.67. The van der Waals surface area contributed by atoms with Crippen molar-refractivity contribution in [3.05, 3.63) is 70.8 Å². The van der Waals surface area contributed by atoms with Crippen molar-refractivity contribution >= 4 is 0 Å². The molecule has 0 radical (unpaired) electrons. The zero-order valence-electron chi connectivity index (χ0n) is 9.98. The van der Waals surface area contributed by atoms with Crippen LogP contribution in [0.5, 0.6) is 0 Å². The van der Waals surface area contributed by atoms with Crippen molar-refractivity contribution in [2.24, 2.45) is 0 Å². The van der Waals surface area contributed by atoms with Gasteiger partial charge in [0.25, 0.3) is 0 Å². The van der Waals surface area contributed by atoms with E-state index in [2.05, 4.69) is 31.2 Å². The molecular weight excluding hydrogens is 208 g/mol. The summed E-state index contributed by atoms with van der Waals surface area (Å²) >= 11 is 0. The van der Waals surface area contributed by atoms with Gasteiger partial charge in [0, 0.05) is 12.8 Å². The zero-order chi connectivity index (χ0) is 11.9. The molecule has 1 nitrogen and oxygen atoms in total. The highest BCUT2D eigenvalue weighted by Crippen LogP contribution is 2.37. The van der Waals surface area contributed by atoms with Gasteiger partial charge >= 0.3 is 0 Å². The minimum atomic E-state index is -0.711. The smallest absolute Gasteiger partial charge is 0.0977 e. The van der Waals surface area contributed by atoms with Gasteiger partial charge in [-0.05, 0) is 23.6 Å². The van der Waals surface area contributed by atoms with Crippen molar-refractivity contribution in [2.75, 3.05) is 0 Å². The third-order valence-electron chi connectivity index (χ3n) is 3.67. The van der Waals surface area contributed by atoms with Crippen LogP contribution in [0, 0.1) is 6.92 Å². The van der Waals surface area contributed by atoms with E-state index in [1.54, 1.807) is 0 Å². The molecule has 1 aliphatic carbocycles. The Bertz CT molecular complexity index is 515. The molecule has 2 aromatic rings. The first-order valence-corrected chi connectivity index (χ1v) is 6.04. The quantitative estimate of drug-likeness (QED) is 0.789. The van der Waals surface area contributed by atoms with Crippen LogP contribution < -0.4 is 0 Å². The molecule has 0 aromatic heterocycles. The van der Waals surface area contributed by atoms with Gasteiger partial charge in [-0.1, -0.05) is 54.1 Å². The van der Waals surface area contributed by atoms with Gasteiger partial charge in [0.1, 0.15) is 0 Å². The Morgan fingerprint density at radius 2 is 1.41 bits per heavy atom. The van der Waals surface area contributed by atoms with Crippen LogP contribution in [-0.2, 0) is 18.4 Å². The van der Waals surface area contributed by atoms with E-state index >= 15 is 0 Å². The third kappa shape index (κ3) is 1.77. The minimum Gasteiger partial charge on any atom is -0.384 e. The largest absolute Gasteiger partial charge is 0.384 e. The van der Waals surface area contributed by atoms with E-state index in [-0.39, 0.29) is 0 Å². The highest BCUT2D eigenvalue weighted by Gasteiger charge is 2.36. The lowest BCUT2D eigenvalue weighted by Crippen LogP contribution is -2.25. The fraction of sp³-hybridized carbons (Fsp3) is 0.250. The molecule has 86 valence electrons. The van der Waals surface area contributed by atoms with Crippen molar-refractivity contribution < 1.29 is 5.11 Å². The van der Waals surface area contributed by atoms with Gasteiger partial charge in [-0.25, -0.2) is 0 Å². The molecule has 0 spiro atoms. The van der Waals surface area contributed by atoms with Crippen molar-refractivity contribution in [3.8, 4) is 0 Å². The van der Waals surface area contributed by atoms with Crippen molar-refractivity contribution in [1.82, 2.24) is 0 Å². The molecular formula is C16H16O. The van der Waals surface area contributed by atoms with Gasteiger partial charge < -0.3 is 5.11 Å². The Morgan fingerprint density at radius 1 is 0.882 bits per heavy atom. The highest BCUT2D eigenvalue weighted by molar-refractivity contribution is 5.40. The molecule has 1 heteroatoms. The molecule has 0 saturated carbocycles. The van der Waals surface area contributed by atoms with Crippen LogP contribution in [0.15, 0.2) is 48.5 Å². The van der Waals surface area contributed by atoms with Crippen LogP contribution in [0.25, 0.3) is 0 Å². The summed E-state index contributed by atoms with van der Waals surface area (Å²) in [5.74, 6) is 0. The Morgan fingerprint density at radius 3 is 1.94 bits per heavy atom. The summed E-state index contributed by atoms with van der Waals surface area (Å²) in [6.45, 7) is 2.07. The van der Waals surface area contributed by atoms with Gasteiger partial charge in [0.15, 0.2) is 0 Å². The number of rotatable bonds is 1. The average molecular weight is 224 g/mol. The molecule has 0 heterocycles. The maximum absolute atomic E-state index is 10.8. The van der Waals surface area contributed by atoms with Crippen molar-refractivity contribution in [3.63, 3.8) is 0 Å². The standard InChI is InChI=1S/C16H16O/c1-12-6-8-15(9-7-12)16(17)10-13-4-2-3-5-14(13)11-16/h2-9,17H,10-11H2,1H3. The first kappa shape index (κ1) is 10.5. The molecule has 0 saturated heterocycles. The Kier molecular flexibility index (Phi) is 2.30. The first-order valence-electron chi connectivity index (χ1n) is 6.04. The number of aryl methyl sites for hydroxylation is 1. The highest BCUT2D eigenvalue weighted by atomic mass is 16.3. The molecule has 0 aliphatic heterocycles. The van der Waals surface area contributed by atoms with Crippen LogP contribution >= 0.6 is 0 Å². The van der Waals surface area contributed by atoms with Crippen LogP contribution in [0.4, 0.5) is 0 Å². The molecule has 0 unspecified atom stereocenters. The molecule has 0 amide bonds. The Hall–Kier alpha value is -1.60. The summed E-state index contributed by atoms with van der Waals surface area (Å²) in [7, 11) is 0. The van der Waals surface area contributed by atoms with E-state index in [1.807, 2.05) is 24.3 Å². The summed E-state index contributed by atoms with van der Waals surface area (Å²) in [6, 6.07) is 16.5. The molecule has 0 bridgehead atoms. The molecule has 0 atom stereocenters. The molecule has 2 aromatic carbocycles. The van der Waals surface area contributed by atoms with E-state index < -0.39 is 5.60 Å². The number of hydrogen-bond acceptors (Lipinski definition) is 1. The molecule has 1 aliphatic rings. The predicted octanol–water partition coefficient (Wildman–Crippen LogP) is 2.98. The number of benzene rings is 2. The van der Waals surface area contributed by atoms with Crippen molar-refractivity contribution in [2.45, 2.75) is 25.4 Å². The van der Waals surface area contributed by atoms with Gasteiger partial charge in [-0.3, -0.25) is 0 Å². The lowest BCUT2D eigenvalue weighted by Gasteiger charge is -2.22. The van der Waals surface area contributed by atoms with E-state index in [1.165, 1.54) is 16.7 Å². The Labute approximate surface area is 102 Å². The second-order valence-corrected chi connectivity index (χ2v) is 5.02. The van der Waals surface area contributed by atoms with Crippen molar-refractivity contribution in [1.29, 1.82) is 0 Å². The number of hydrogen-bond donors (Lipinski definition) is 1. The van der Waals surface area contributed by atoms with E-state index in [0.29, 0.717) is 0 Å². The first-order chi connectivity index (χ1) is 8.17. The molecule has 0 fully saturated rings. The number of fused-ring (bicyclic) bond motifs is 1. The lowest BCUT2D eigenvalue weighted by molar-refractivity contribution is 0.0482. The minimum absolute atomic E-state index is 0.711. The van der Waals surface area contributed by atoms with Crippen LogP contribution in [0.1, 0.15) is 22.3 Å². The maximum Gasteiger partial charge on any atom is 0.0977 e.